The van der Waals surface area contributed by atoms with E-state index in [2.05, 4.69) is 67.6 Å². The monoisotopic (exact) mass is 812 g/mol. The predicted octanol–water partition coefficient (Wildman–Crippen LogP) is 8.69. The number of nitrogen functional groups attached to an aromatic ring is 1. The van der Waals surface area contributed by atoms with Gasteiger partial charge in [-0.15, -0.1) is 0 Å². The van der Waals surface area contributed by atoms with Crippen LogP contribution in [0.4, 0.5) is 11.5 Å². The molecule has 0 spiro atoms. The van der Waals surface area contributed by atoms with Crippen LogP contribution >= 0.6 is 0 Å². The van der Waals surface area contributed by atoms with Gasteiger partial charge in [0.05, 0.1) is 28.5 Å². The van der Waals surface area contributed by atoms with Gasteiger partial charge in [-0.25, -0.2) is 15.0 Å². The lowest BCUT2D eigenvalue weighted by Crippen LogP contribution is -2.22. The molecule has 0 unspecified atom stereocenters. The molecule has 14 heteroatoms. The molecule has 2 aliphatic heterocycles. The molecule has 2 saturated heterocycles. The van der Waals surface area contributed by atoms with Gasteiger partial charge in [0.15, 0.2) is 5.65 Å². The molecule has 2 aromatic carbocycles. The third-order valence-electron chi connectivity index (χ3n) is 10.9. The van der Waals surface area contributed by atoms with Gasteiger partial charge in [0.2, 0.25) is 0 Å². The van der Waals surface area contributed by atoms with Crippen molar-refractivity contribution in [3.63, 3.8) is 0 Å². The molecule has 2 aliphatic rings. The van der Waals surface area contributed by atoms with E-state index in [9.17, 15) is 4.79 Å². The summed E-state index contributed by atoms with van der Waals surface area (Å²) in [6.45, 7) is 12.0. The van der Waals surface area contributed by atoms with Gasteiger partial charge >= 0.3 is 5.97 Å². The highest BCUT2D eigenvalue weighted by atomic mass is 16.5. The fourth-order valence-electron chi connectivity index (χ4n) is 7.64. The van der Waals surface area contributed by atoms with Gasteiger partial charge < -0.3 is 39.2 Å². The Hall–Kier alpha value is -6.38. The maximum Gasteiger partial charge on any atom is 0.306 e. The van der Waals surface area contributed by atoms with Crippen LogP contribution < -0.4 is 11.1 Å². The number of aromatic nitrogens is 6. The van der Waals surface area contributed by atoms with Crippen LogP contribution in [0.1, 0.15) is 71.5 Å². The number of carboxylic acids is 1. The minimum absolute atomic E-state index is 0.154. The zero-order valence-corrected chi connectivity index (χ0v) is 34.6. The fourth-order valence-corrected chi connectivity index (χ4v) is 7.64. The third-order valence-corrected chi connectivity index (χ3v) is 10.9. The van der Waals surface area contributed by atoms with Gasteiger partial charge in [-0.2, -0.15) is 0 Å². The third kappa shape index (κ3) is 10.1. The number of pyridine rings is 2. The molecule has 5 aromatic heterocycles. The van der Waals surface area contributed by atoms with Gasteiger partial charge in [0.1, 0.15) is 23.2 Å². The van der Waals surface area contributed by atoms with E-state index in [-0.39, 0.29) is 5.92 Å². The first-order valence-electron chi connectivity index (χ1n) is 20.3. The summed E-state index contributed by atoms with van der Waals surface area (Å²) in [5.41, 5.74) is 16.7. The van der Waals surface area contributed by atoms with E-state index in [4.69, 9.17) is 39.3 Å². The number of ether oxygens (including phenoxy) is 2. The van der Waals surface area contributed by atoms with Gasteiger partial charge in [0, 0.05) is 80.1 Å². The second kappa shape index (κ2) is 19.6. The minimum atomic E-state index is -0.682. The SMILES string of the molecule is Cc1noc(C)c1-c1cnc(N)c(NCc2ccccc2)c1.Cc1noc(C)c1-c1cnc2nc(C3CCOCC3)n(Cc3ccccc3)c2c1.O=C(O)C1CCOCC1. The molecule has 7 heterocycles. The van der Waals surface area contributed by atoms with Crippen LogP contribution in [0.25, 0.3) is 33.4 Å². The molecular formula is C46H52N8O6. The Labute approximate surface area is 349 Å². The number of anilines is 2. The van der Waals surface area contributed by atoms with E-state index in [0.29, 0.717) is 44.3 Å². The van der Waals surface area contributed by atoms with Crippen LogP contribution in [0.2, 0.25) is 0 Å². The van der Waals surface area contributed by atoms with Crippen LogP contribution in [0.5, 0.6) is 0 Å². The summed E-state index contributed by atoms with van der Waals surface area (Å²) >= 11 is 0. The fraction of sp³-hybridized carbons (Fsp3) is 0.348. The molecule has 4 N–H and O–H groups in total. The van der Waals surface area contributed by atoms with E-state index >= 15 is 0 Å². The van der Waals surface area contributed by atoms with Crippen molar-refractivity contribution < 1.29 is 28.4 Å². The van der Waals surface area contributed by atoms with E-state index in [1.165, 1.54) is 11.1 Å². The maximum atomic E-state index is 10.3. The molecule has 9 rings (SSSR count). The number of benzene rings is 2. The van der Waals surface area contributed by atoms with E-state index in [1.807, 2.05) is 64.2 Å². The quantitative estimate of drug-likeness (QED) is 0.126. The van der Waals surface area contributed by atoms with Gasteiger partial charge in [0.25, 0.3) is 0 Å². The second-order valence-electron chi connectivity index (χ2n) is 15.1. The number of nitrogens with two attached hydrogens (primary N) is 1. The molecule has 0 radical (unpaired) electrons. The summed E-state index contributed by atoms with van der Waals surface area (Å²) in [5.74, 6) is 2.73. The molecule has 0 saturated carbocycles. The van der Waals surface area contributed by atoms with Crippen molar-refractivity contribution in [3.8, 4) is 22.3 Å². The number of hydrogen-bond donors (Lipinski definition) is 3. The average molecular weight is 813 g/mol. The van der Waals surface area contributed by atoms with E-state index in [1.54, 1.807) is 6.20 Å². The van der Waals surface area contributed by atoms with Crippen LogP contribution in [-0.4, -0.2) is 67.3 Å². The predicted molar refractivity (Wildman–Crippen MR) is 229 cm³/mol. The Kier molecular flexibility index (Phi) is 13.6. The van der Waals surface area contributed by atoms with E-state index < -0.39 is 5.97 Å². The van der Waals surface area contributed by atoms with Crippen LogP contribution in [0, 0.1) is 33.6 Å². The molecule has 14 nitrogen and oxygen atoms in total. The molecular weight excluding hydrogens is 761 g/mol. The van der Waals surface area contributed by atoms with Crippen LogP contribution in [-0.2, 0) is 27.4 Å². The summed E-state index contributed by atoms with van der Waals surface area (Å²) in [7, 11) is 0. The number of fused-ring (bicyclic) bond motifs is 1. The minimum Gasteiger partial charge on any atom is -0.481 e. The van der Waals surface area contributed by atoms with Crippen molar-refractivity contribution >= 4 is 28.6 Å². The van der Waals surface area contributed by atoms with Crippen molar-refractivity contribution in [2.45, 2.75) is 72.4 Å². The summed E-state index contributed by atoms with van der Waals surface area (Å²) in [5, 5.41) is 19.9. The zero-order chi connectivity index (χ0) is 42.0. The maximum absolute atomic E-state index is 10.3. The Balaban J connectivity index is 0.000000154. The smallest absolute Gasteiger partial charge is 0.306 e. The number of aryl methyl sites for hydroxylation is 4. The van der Waals surface area contributed by atoms with Gasteiger partial charge in [-0.05, 0) is 76.6 Å². The number of hydrogen-bond acceptors (Lipinski definition) is 12. The Morgan fingerprint density at radius 2 is 1.32 bits per heavy atom. The first-order chi connectivity index (χ1) is 29.2. The molecule has 0 bridgehead atoms. The molecule has 0 amide bonds. The molecule has 60 heavy (non-hydrogen) atoms. The highest BCUT2D eigenvalue weighted by Crippen LogP contribution is 2.34. The first-order valence-corrected chi connectivity index (χ1v) is 20.3. The number of rotatable bonds is 9. The van der Waals surface area contributed by atoms with Gasteiger partial charge in [-0.1, -0.05) is 71.0 Å². The summed E-state index contributed by atoms with van der Waals surface area (Å²) < 4.78 is 23.5. The molecule has 0 atom stereocenters. The number of carbonyl (C=O) groups is 1. The summed E-state index contributed by atoms with van der Waals surface area (Å²) in [6, 6.07) is 24.8. The molecule has 7 aromatic rings. The summed E-state index contributed by atoms with van der Waals surface area (Å²) in [4.78, 5) is 24.2. The first kappa shape index (κ1) is 41.8. The second-order valence-corrected chi connectivity index (χ2v) is 15.1. The number of carboxylic acid groups (broad SMARTS) is 1. The number of aliphatic carboxylic acids is 1. The van der Waals surface area contributed by atoms with Crippen molar-refractivity contribution in [1.29, 1.82) is 0 Å². The molecule has 312 valence electrons. The van der Waals surface area contributed by atoms with Crippen LogP contribution in [0.3, 0.4) is 0 Å². The number of nitrogens with one attached hydrogen (secondary N) is 1. The Morgan fingerprint density at radius 3 is 1.87 bits per heavy atom. The molecule has 2 fully saturated rings. The zero-order valence-electron chi connectivity index (χ0n) is 34.6. The van der Waals surface area contributed by atoms with Crippen LogP contribution in [0.15, 0.2) is 94.2 Å². The largest absolute Gasteiger partial charge is 0.481 e. The normalized spacial score (nSPS) is 14.5. The lowest BCUT2D eigenvalue weighted by Gasteiger charge is -2.22. The summed E-state index contributed by atoms with van der Waals surface area (Å²) in [6.07, 6.45) is 6.96. The molecule has 0 aliphatic carbocycles. The topological polar surface area (TPSA) is 189 Å². The highest BCUT2D eigenvalue weighted by molar-refractivity contribution is 5.80. The lowest BCUT2D eigenvalue weighted by molar-refractivity contribution is -0.144. The number of imidazole rings is 1. The van der Waals surface area contributed by atoms with Crippen molar-refractivity contribution in [3.05, 3.63) is 125 Å². The van der Waals surface area contributed by atoms with Crippen molar-refractivity contribution in [2.24, 2.45) is 5.92 Å². The standard InChI is InChI=1S/C23H24N4O2.C17H18N4O.C6H10O3/c1-15-21(16(2)29-26-15)19-12-20-22(24-13-19)25-23(18-8-10-28-11-9-18)27(20)14-17-6-4-3-5-7-17;1-11-16(12(2)22-21-11)14-8-15(17(18)20-10-14)19-9-13-6-4-3-5-7-13;7-6(8)5-1-3-9-4-2-5/h3-7,12-13,18H,8-11,14H2,1-2H3;3-8,10,19H,9H2,1-2H3,(H2,18,20);5H,1-4H2,(H,7,8). The highest BCUT2D eigenvalue weighted by Gasteiger charge is 2.25. The van der Waals surface area contributed by atoms with Gasteiger partial charge in [-0.3, -0.25) is 4.79 Å². The Bertz CT molecular complexity index is 2450. The number of nitrogens with zero attached hydrogens (tertiary/aromatic N) is 6. The van der Waals surface area contributed by atoms with E-state index in [0.717, 1.165) is 100 Å². The van der Waals surface area contributed by atoms with Crippen molar-refractivity contribution in [2.75, 3.05) is 37.5 Å². The lowest BCUT2D eigenvalue weighted by atomic mass is 9.99. The average Bonchev–Trinajstić information content (AvgIpc) is 3.94. The Morgan fingerprint density at radius 1 is 0.767 bits per heavy atom. The van der Waals surface area contributed by atoms with Crippen molar-refractivity contribution in [1.82, 2.24) is 29.8 Å².